The molecule has 0 aliphatic carbocycles. The first kappa shape index (κ1) is 17.4. The smallest absolute Gasteiger partial charge is 0.187 e. The van der Waals surface area contributed by atoms with Crippen molar-refractivity contribution in [2.24, 2.45) is 0 Å². The summed E-state index contributed by atoms with van der Waals surface area (Å²) in [6, 6.07) is 12.8. The SMILES string of the molecule is COc1cccc(C(O)(c2ccnc(SC)n2)c2cccnc2C)c1. The number of ether oxygens (including phenoxy) is 1. The molecule has 0 aliphatic rings. The van der Waals surface area contributed by atoms with Crippen LogP contribution in [0.3, 0.4) is 0 Å². The molecule has 128 valence electrons. The van der Waals surface area contributed by atoms with Crippen molar-refractivity contribution >= 4 is 11.8 Å². The van der Waals surface area contributed by atoms with Gasteiger partial charge in [-0.25, -0.2) is 9.97 Å². The molecule has 3 rings (SSSR count). The zero-order chi connectivity index (χ0) is 17.9. The van der Waals surface area contributed by atoms with E-state index < -0.39 is 5.60 Å². The fraction of sp³-hybridized carbons (Fsp3) is 0.211. The molecule has 0 spiro atoms. The summed E-state index contributed by atoms with van der Waals surface area (Å²) < 4.78 is 5.33. The van der Waals surface area contributed by atoms with Crippen LogP contribution in [-0.2, 0) is 5.60 Å². The van der Waals surface area contributed by atoms with Crippen LogP contribution in [0, 0.1) is 6.92 Å². The van der Waals surface area contributed by atoms with Gasteiger partial charge in [0.1, 0.15) is 5.75 Å². The Balaban J connectivity index is 2.29. The third-order valence-corrected chi connectivity index (χ3v) is 4.63. The quantitative estimate of drug-likeness (QED) is 0.561. The van der Waals surface area contributed by atoms with Gasteiger partial charge in [0, 0.05) is 23.7 Å². The molecule has 0 radical (unpaired) electrons. The van der Waals surface area contributed by atoms with Crippen LogP contribution in [0.25, 0.3) is 0 Å². The molecule has 1 aromatic carbocycles. The topological polar surface area (TPSA) is 68.1 Å². The van der Waals surface area contributed by atoms with E-state index in [9.17, 15) is 5.11 Å². The van der Waals surface area contributed by atoms with E-state index >= 15 is 0 Å². The molecule has 25 heavy (non-hydrogen) atoms. The molecular weight excluding hydrogens is 334 g/mol. The number of pyridine rings is 1. The molecule has 0 aliphatic heterocycles. The lowest BCUT2D eigenvalue weighted by molar-refractivity contribution is 0.118. The summed E-state index contributed by atoms with van der Waals surface area (Å²) >= 11 is 1.43. The summed E-state index contributed by atoms with van der Waals surface area (Å²) in [6.07, 6.45) is 5.27. The summed E-state index contributed by atoms with van der Waals surface area (Å²) in [6.45, 7) is 1.87. The third kappa shape index (κ3) is 3.23. The van der Waals surface area contributed by atoms with Crippen LogP contribution in [0.15, 0.2) is 60.0 Å². The molecule has 1 unspecified atom stereocenters. The van der Waals surface area contributed by atoms with E-state index in [2.05, 4.69) is 15.0 Å². The maximum Gasteiger partial charge on any atom is 0.187 e. The largest absolute Gasteiger partial charge is 0.497 e. The molecule has 0 fully saturated rings. The summed E-state index contributed by atoms with van der Waals surface area (Å²) in [7, 11) is 1.60. The predicted octanol–water partition coefficient (Wildman–Crippen LogP) is 3.19. The number of benzene rings is 1. The Bertz CT molecular complexity index is 838. The van der Waals surface area contributed by atoms with Crippen LogP contribution in [0.1, 0.15) is 22.5 Å². The Hall–Kier alpha value is -2.44. The number of rotatable bonds is 5. The van der Waals surface area contributed by atoms with Crippen molar-refractivity contribution in [2.45, 2.75) is 17.7 Å². The second kappa shape index (κ2) is 7.21. The van der Waals surface area contributed by atoms with Gasteiger partial charge >= 0.3 is 0 Å². The van der Waals surface area contributed by atoms with Crippen molar-refractivity contribution in [3.8, 4) is 5.75 Å². The van der Waals surface area contributed by atoms with Gasteiger partial charge in [0.2, 0.25) is 0 Å². The van der Waals surface area contributed by atoms with Crippen molar-refractivity contribution in [3.63, 3.8) is 0 Å². The number of methoxy groups -OCH3 is 1. The Morgan fingerprint density at radius 3 is 2.64 bits per heavy atom. The number of aromatic nitrogens is 3. The maximum absolute atomic E-state index is 11.9. The monoisotopic (exact) mass is 353 g/mol. The van der Waals surface area contributed by atoms with Gasteiger partial charge in [-0.3, -0.25) is 4.98 Å². The molecule has 3 aromatic rings. The number of aryl methyl sites for hydroxylation is 1. The average Bonchev–Trinajstić information content (AvgIpc) is 2.68. The van der Waals surface area contributed by atoms with E-state index in [0.29, 0.717) is 27.7 Å². The second-order valence-electron chi connectivity index (χ2n) is 5.51. The van der Waals surface area contributed by atoms with Gasteiger partial charge in [-0.2, -0.15) is 0 Å². The van der Waals surface area contributed by atoms with Crippen LogP contribution in [0.2, 0.25) is 0 Å². The molecule has 0 amide bonds. The van der Waals surface area contributed by atoms with Crippen molar-refractivity contribution in [1.29, 1.82) is 0 Å². The van der Waals surface area contributed by atoms with E-state index in [1.54, 1.807) is 25.6 Å². The van der Waals surface area contributed by atoms with Crippen LogP contribution >= 0.6 is 11.8 Å². The molecule has 1 atom stereocenters. The summed E-state index contributed by atoms with van der Waals surface area (Å²) in [4.78, 5) is 13.1. The minimum Gasteiger partial charge on any atom is -0.497 e. The Kier molecular flexibility index (Phi) is 5.01. The molecular formula is C19H19N3O2S. The molecule has 1 N–H and O–H groups in total. The molecule has 2 aromatic heterocycles. The highest BCUT2D eigenvalue weighted by atomic mass is 32.2. The minimum atomic E-state index is -1.46. The van der Waals surface area contributed by atoms with Gasteiger partial charge in [0.05, 0.1) is 12.8 Å². The number of hydrogen-bond acceptors (Lipinski definition) is 6. The Morgan fingerprint density at radius 2 is 1.92 bits per heavy atom. The molecule has 6 heteroatoms. The fourth-order valence-corrected chi connectivity index (χ4v) is 3.15. The van der Waals surface area contributed by atoms with E-state index in [-0.39, 0.29) is 0 Å². The average molecular weight is 353 g/mol. The van der Waals surface area contributed by atoms with E-state index in [1.807, 2.05) is 49.6 Å². The highest BCUT2D eigenvalue weighted by Crippen LogP contribution is 2.38. The number of thioether (sulfide) groups is 1. The second-order valence-corrected chi connectivity index (χ2v) is 6.28. The zero-order valence-electron chi connectivity index (χ0n) is 14.3. The Labute approximate surface area is 151 Å². The molecule has 0 saturated carbocycles. The highest BCUT2D eigenvalue weighted by Gasteiger charge is 2.37. The standard InChI is InChI=1S/C19H19N3O2S/c1-13-16(8-5-10-20-13)19(23,14-6-4-7-15(12-14)24-2)17-9-11-21-18(22-17)25-3/h4-12,23H,1-3H3. The van der Waals surface area contributed by atoms with Crippen LogP contribution in [-0.4, -0.2) is 33.4 Å². The summed E-state index contributed by atoms with van der Waals surface area (Å²) in [5, 5.41) is 12.4. The molecule has 5 nitrogen and oxygen atoms in total. The summed E-state index contributed by atoms with van der Waals surface area (Å²) in [5.41, 5.74) is 1.11. The maximum atomic E-state index is 11.9. The van der Waals surface area contributed by atoms with Crippen LogP contribution in [0.5, 0.6) is 5.75 Å². The van der Waals surface area contributed by atoms with E-state index in [0.717, 1.165) is 5.69 Å². The predicted molar refractivity (Wildman–Crippen MR) is 97.9 cm³/mol. The van der Waals surface area contributed by atoms with Crippen LogP contribution < -0.4 is 4.74 Å². The van der Waals surface area contributed by atoms with Crippen molar-refractivity contribution in [3.05, 3.63) is 77.4 Å². The lowest BCUT2D eigenvalue weighted by Gasteiger charge is -2.30. The fourth-order valence-electron chi connectivity index (χ4n) is 2.80. The lowest BCUT2D eigenvalue weighted by atomic mass is 9.82. The van der Waals surface area contributed by atoms with Gasteiger partial charge < -0.3 is 9.84 Å². The van der Waals surface area contributed by atoms with Gasteiger partial charge in [-0.15, -0.1) is 0 Å². The van der Waals surface area contributed by atoms with Gasteiger partial charge in [0.15, 0.2) is 10.8 Å². The number of nitrogens with zero attached hydrogens (tertiary/aromatic N) is 3. The van der Waals surface area contributed by atoms with E-state index in [1.165, 1.54) is 11.8 Å². The van der Waals surface area contributed by atoms with E-state index in [4.69, 9.17) is 4.74 Å². The van der Waals surface area contributed by atoms with Crippen molar-refractivity contribution < 1.29 is 9.84 Å². The first-order chi connectivity index (χ1) is 12.1. The number of aliphatic hydroxyl groups is 1. The van der Waals surface area contributed by atoms with Crippen molar-refractivity contribution in [2.75, 3.05) is 13.4 Å². The third-order valence-electron chi connectivity index (χ3n) is 4.07. The lowest BCUT2D eigenvalue weighted by Crippen LogP contribution is -2.31. The van der Waals surface area contributed by atoms with Crippen molar-refractivity contribution in [1.82, 2.24) is 15.0 Å². The normalized spacial score (nSPS) is 13.3. The first-order valence-corrected chi connectivity index (χ1v) is 8.98. The van der Waals surface area contributed by atoms with Gasteiger partial charge in [0.25, 0.3) is 0 Å². The Morgan fingerprint density at radius 1 is 1.08 bits per heavy atom. The zero-order valence-corrected chi connectivity index (χ0v) is 15.1. The first-order valence-electron chi connectivity index (χ1n) is 7.76. The minimum absolute atomic E-state index is 0.496. The van der Waals surface area contributed by atoms with Gasteiger partial charge in [-0.1, -0.05) is 30.0 Å². The molecule has 0 bridgehead atoms. The van der Waals surface area contributed by atoms with Gasteiger partial charge in [-0.05, 0) is 43.0 Å². The van der Waals surface area contributed by atoms with Crippen LogP contribution in [0.4, 0.5) is 0 Å². The molecule has 2 heterocycles. The molecule has 0 saturated heterocycles. The number of hydrogen-bond donors (Lipinski definition) is 1. The highest BCUT2D eigenvalue weighted by molar-refractivity contribution is 7.98. The summed E-state index contributed by atoms with van der Waals surface area (Å²) in [5.74, 6) is 0.664.